The summed E-state index contributed by atoms with van der Waals surface area (Å²) in [5, 5.41) is 0. The molecule has 0 amide bonds. The Kier molecular flexibility index (Phi) is 2.41. The largest absolute Gasteiger partial charge is 0.322 e. The average molecular weight is 190 g/mol. The lowest BCUT2D eigenvalue weighted by atomic mass is 9.97. The minimum Gasteiger partial charge on any atom is -0.322 e. The Hall–Kier alpha value is -1.48. The highest BCUT2D eigenvalue weighted by atomic mass is 19.1. The zero-order valence-electron chi connectivity index (χ0n) is 7.65. The van der Waals surface area contributed by atoms with E-state index >= 15 is 0 Å². The standard InChI is InChI=1S/C11H11FN2/c12-9-3-1-8(2-4-9)10-5-6-14-7-11(10)13/h1-6,11H,7,13H2. The Morgan fingerprint density at radius 1 is 1.29 bits per heavy atom. The first-order valence-electron chi connectivity index (χ1n) is 4.49. The molecule has 1 aromatic carbocycles. The van der Waals surface area contributed by atoms with Gasteiger partial charge in [-0.3, -0.25) is 4.99 Å². The van der Waals surface area contributed by atoms with E-state index in [1.54, 1.807) is 18.3 Å². The molecule has 0 spiro atoms. The zero-order valence-corrected chi connectivity index (χ0v) is 7.65. The molecule has 1 aromatic rings. The fourth-order valence-electron chi connectivity index (χ4n) is 1.48. The molecule has 1 heterocycles. The second kappa shape index (κ2) is 3.72. The molecule has 0 aromatic heterocycles. The quantitative estimate of drug-likeness (QED) is 0.718. The number of nitrogens with two attached hydrogens (primary N) is 1. The second-order valence-electron chi connectivity index (χ2n) is 3.25. The molecule has 0 fully saturated rings. The molecule has 0 saturated carbocycles. The Bertz CT molecular complexity index is 379. The van der Waals surface area contributed by atoms with Gasteiger partial charge in [0.25, 0.3) is 0 Å². The molecule has 2 N–H and O–H groups in total. The molecule has 0 aliphatic carbocycles. The highest BCUT2D eigenvalue weighted by molar-refractivity contribution is 5.88. The molecular formula is C11H11FN2. The van der Waals surface area contributed by atoms with Crippen molar-refractivity contribution in [1.29, 1.82) is 0 Å². The summed E-state index contributed by atoms with van der Waals surface area (Å²) in [6.45, 7) is 0.600. The van der Waals surface area contributed by atoms with Crippen LogP contribution in [0.3, 0.4) is 0 Å². The van der Waals surface area contributed by atoms with Crippen molar-refractivity contribution in [3.05, 3.63) is 41.7 Å². The Labute approximate surface area is 82.0 Å². The minimum atomic E-state index is -0.229. The van der Waals surface area contributed by atoms with Gasteiger partial charge in [0.1, 0.15) is 5.82 Å². The van der Waals surface area contributed by atoms with E-state index in [1.165, 1.54) is 12.1 Å². The maximum Gasteiger partial charge on any atom is 0.123 e. The number of allylic oxidation sites excluding steroid dienone is 1. The van der Waals surface area contributed by atoms with Crippen molar-refractivity contribution in [2.24, 2.45) is 10.7 Å². The van der Waals surface area contributed by atoms with Gasteiger partial charge in [-0.25, -0.2) is 4.39 Å². The first kappa shape index (κ1) is 9.09. The summed E-state index contributed by atoms with van der Waals surface area (Å²) >= 11 is 0. The summed E-state index contributed by atoms with van der Waals surface area (Å²) in [5.41, 5.74) is 7.85. The number of dihydropyridines is 1. The molecule has 1 aliphatic rings. The van der Waals surface area contributed by atoms with Crippen LogP contribution in [-0.4, -0.2) is 18.8 Å². The predicted molar refractivity (Wildman–Crippen MR) is 55.7 cm³/mol. The zero-order chi connectivity index (χ0) is 9.97. The van der Waals surface area contributed by atoms with Crippen molar-refractivity contribution >= 4 is 11.8 Å². The van der Waals surface area contributed by atoms with E-state index < -0.39 is 0 Å². The third kappa shape index (κ3) is 1.72. The van der Waals surface area contributed by atoms with E-state index in [0.717, 1.165) is 11.1 Å². The number of hydrogen-bond donors (Lipinski definition) is 1. The van der Waals surface area contributed by atoms with Crippen LogP contribution in [0.15, 0.2) is 35.3 Å². The maximum absolute atomic E-state index is 12.7. The fraction of sp³-hybridized carbons (Fsp3) is 0.182. The molecular weight excluding hydrogens is 179 g/mol. The van der Waals surface area contributed by atoms with Crippen molar-refractivity contribution in [3.63, 3.8) is 0 Å². The first-order chi connectivity index (χ1) is 6.77. The van der Waals surface area contributed by atoms with Gasteiger partial charge in [-0.15, -0.1) is 0 Å². The molecule has 2 rings (SSSR count). The summed E-state index contributed by atoms with van der Waals surface area (Å²) in [6.07, 6.45) is 3.61. The summed E-state index contributed by atoms with van der Waals surface area (Å²) in [6, 6.07) is 6.27. The van der Waals surface area contributed by atoms with Crippen LogP contribution in [0.25, 0.3) is 5.57 Å². The van der Waals surface area contributed by atoms with E-state index in [9.17, 15) is 4.39 Å². The number of benzene rings is 1. The molecule has 1 unspecified atom stereocenters. The predicted octanol–water partition coefficient (Wildman–Crippen LogP) is 1.62. The van der Waals surface area contributed by atoms with E-state index in [0.29, 0.717) is 6.54 Å². The SMILES string of the molecule is NC1CN=CC=C1c1ccc(F)cc1. The Balaban J connectivity index is 2.34. The summed E-state index contributed by atoms with van der Waals surface area (Å²) < 4.78 is 12.7. The van der Waals surface area contributed by atoms with Crippen LogP contribution in [0.4, 0.5) is 4.39 Å². The van der Waals surface area contributed by atoms with Gasteiger partial charge in [0, 0.05) is 12.3 Å². The van der Waals surface area contributed by atoms with Crippen LogP contribution in [0, 0.1) is 5.82 Å². The van der Waals surface area contributed by atoms with Crippen molar-refractivity contribution in [3.8, 4) is 0 Å². The van der Waals surface area contributed by atoms with E-state index in [4.69, 9.17) is 5.73 Å². The lowest BCUT2D eigenvalue weighted by Crippen LogP contribution is -2.27. The normalized spacial score (nSPS) is 20.7. The number of hydrogen-bond acceptors (Lipinski definition) is 2. The van der Waals surface area contributed by atoms with Gasteiger partial charge < -0.3 is 5.73 Å². The van der Waals surface area contributed by atoms with Crippen molar-refractivity contribution in [2.75, 3.05) is 6.54 Å². The lowest BCUT2D eigenvalue weighted by molar-refractivity contribution is 0.627. The minimum absolute atomic E-state index is 0.0783. The molecule has 3 heteroatoms. The molecule has 1 aliphatic heterocycles. The van der Waals surface area contributed by atoms with Gasteiger partial charge in [-0.1, -0.05) is 12.1 Å². The van der Waals surface area contributed by atoms with Gasteiger partial charge in [0.05, 0.1) is 6.54 Å². The molecule has 2 nitrogen and oxygen atoms in total. The monoisotopic (exact) mass is 190 g/mol. The Morgan fingerprint density at radius 3 is 2.64 bits per heavy atom. The summed E-state index contributed by atoms with van der Waals surface area (Å²) in [4.78, 5) is 4.05. The molecule has 72 valence electrons. The lowest BCUT2D eigenvalue weighted by Gasteiger charge is -2.16. The Morgan fingerprint density at radius 2 is 2.00 bits per heavy atom. The highest BCUT2D eigenvalue weighted by Crippen LogP contribution is 2.19. The number of aliphatic imine (C=N–C) groups is 1. The molecule has 1 atom stereocenters. The highest BCUT2D eigenvalue weighted by Gasteiger charge is 2.12. The van der Waals surface area contributed by atoms with Crippen molar-refractivity contribution in [1.82, 2.24) is 0 Å². The van der Waals surface area contributed by atoms with E-state index in [1.807, 2.05) is 6.08 Å². The van der Waals surface area contributed by atoms with Gasteiger partial charge >= 0.3 is 0 Å². The number of rotatable bonds is 1. The average Bonchev–Trinajstić information content (AvgIpc) is 2.20. The van der Waals surface area contributed by atoms with Gasteiger partial charge in [0.2, 0.25) is 0 Å². The van der Waals surface area contributed by atoms with Crippen LogP contribution < -0.4 is 5.73 Å². The maximum atomic E-state index is 12.7. The van der Waals surface area contributed by atoms with Gasteiger partial charge in [-0.05, 0) is 29.3 Å². The van der Waals surface area contributed by atoms with Crippen LogP contribution >= 0.6 is 0 Å². The van der Waals surface area contributed by atoms with E-state index in [-0.39, 0.29) is 11.9 Å². The third-order valence-electron chi connectivity index (χ3n) is 2.24. The number of nitrogens with zero attached hydrogens (tertiary/aromatic N) is 1. The first-order valence-corrected chi connectivity index (χ1v) is 4.49. The van der Waals surface area contributed by atoms with Crippen LogP contribution in [0.5, 0.6) is 0 Å². The summed E-state index contributed by atoms with van der Waals surface area (Å²) in [5.74, 6) is -0.229. The third-order valence-corrected chi connectivity index (χ3v) is 2.24. The molecule has 0 saturated heterocycles. The van der Waals surface area contributed by atoms with Gasteiger partial charge in [-0.2, -0.15) is 0 Å². The summed E-state index contributed by atoms with van der Waals surface area (Å²) in [7, 11) is 0. The van der Waals surface area contributed by atoms with E-state index in [2.05, 4.69) is 4.99 Å². The smallest absolute Gasteiger partial charge is 0.123 e. The van der Waals surface area contributed by atoms with Crippen LogP contribution in [0.1, 0.15) is 5.56 Å². The molecule has 14 heavy (non-hydrogen) atoms. The molecule has 0 radical (unpaired) electrons. The molecule has 0 bridgehead atoms. The topological polar surface area (TPSA) is 38.4 Å². The van der Waals surface area contributed by atoms with Gasteiger partial charge in [0.15, 0.2) is 0 Å². The van der Waals surface area contributed by atoms with Crippen LogP contribution in [0.2, 0.25) is 0 Å². The second-order valence-corrected chi connectivity index (χ2v) is 3.25. The fourth-order valence-corrected chi connectivity index (χ4v) is 1.48. The van der Waals surface area contributed by atoms with Crippen molar-refractivity contribution < 1.29 is 4.39 Å². The van der Waals surface area contributed by atoms with Crippen molar-refractivity contribution in [2.45, 2.75) is 6.04 Å². The number of halogens is 1. The van der Waals surface area contributed by atoms with Crippen LogP contribution in [-0.2, 0) is 0 Å².